The number of carbonyl (C=O) groups is 1. The van der Waals surface area contributed by atoms with Gasteiger partial charge >= 0.3 is 0 Å². The molecule has 0 bridgehead atoms. The molecule has 1 aliphatic heterocycles. The number of fused-ring (bicyclic) bond motifs is 1. The van der Waals surface area contributed by atoms with Crippen LogP contribution in [0.25, 0.3) is 10.2 Å². The van der Waals surface area contributed by atoms with Crippen molar-refractivity contribution in [2.24, 2.45) is 5.10 Å². The van der Waals surface area contributed by atoms with Crippen molar-refractivity contribution in [2.75, 3.05) is 18.2 Å². The number of piperidine rings is 1. The lowest BCUT2D eigenvalue weighted by molar-refractivity contribution is 0.0987. The molecule has 11 heteroatoms. The van der Waals surface area contributed by atoms with Crippen LogP contribution in [0.4, 0.5) is 5.13 Å². The highest BCUT2D eigenvalue weighted by Crippen LogP contribution is 2.32. The second-order valence-electron chi connectivity index (χ2n) is 9.67. The van der Waals surface area contributed by atoms with Crippen LogP contribution in [0.5, 0.6) is 5.75 Å². The van der Waals surface area contributed by atoms with Gasteiger partial charge in [0.1, 0.15) is 5.75 Å². The fourth-order valence-electron chi connectivity index (χ4n) is 4.83. The molecule has 1 atom stereocenters. The molecule has 1 aromatic heterocycles. The summed E-state index contributed by atoms with van der Waals surface area (Å²) in [5, 5.41) is 6.19. The van der Waals surface area contributed by atoms with Gasteiger partial charge in [-0.25, -0.2) is 13.4 Å². The minimum Gasteiger partial charge on any atom is -0.494 e. The number of carbonyl (C=O) groups excluding carboxylic acids is 1. The number of thiazole rings is 1. The topological polar surface area (TPSA) is 92.2 Å². The molecule has 1 saturated heterocycles. The summed E-state index contributed by atoms with van der Waals surface area (Å²) in [6.07, 6.45) is 5.12. The predicted octanol–water partition coefficient (Wildman–Crippen LogP) is 7.09. The second-order valence-corrected chi connectivity index (χ2v) is 13.5. The number of halogens is 1. The van der Waals surface area contributed by atoms with Gasteiger partial charge in [-0.15, -0.1) is 0 Å². The smallest absolute Gasteiger partial charge is 0.280 e. The van der Waals surface area contributed by atoms with Crippen LogP contribution in [-0.4, -0.2) is 49.0 Å². The zero-order valence-corrected chi connectivity index (χ0v) is 26.1. The van der Waals surface area contributed by atoms with Crippen LogP contribution in [0.1, 0.15) is 55.5 Å². The molecule has 1 fully saturated rings. The molecule has 1 aliphatic rings. The Hall–Kier alpha value is -3.12. The van der Waals surface area contributed by atoms with Crippen molar-refractivity contribution >= 4 is 64.8 Å². The number of anilines is 1. The molecule has 41 heavy (non-hydrogen) atoms. The molecule has 0 N–H and O–H groups in total. The van der Waals surface area contributed by atoms with Crippen LogP contribution in [0.2, 0.25) is 0 Å². The van der Waals surface area contributed by atoms with Crippen molar-refractivity contribution in [3.8, 4) is 5.75 Å². The number of hydrogen-bond acceptors (Lipinski definition) is 7. The van der Waals surface area contributed by atoms with E-state index in [1.54, 1.807) is 22.7 Å². The van der Waals surface area contributed by atoms with Crippen molar-refractivity contribution in [1.82, 2.24) is 9.29 Å². The highest BCUT2D eigenvalue weighted by Gasteiger charge is 2.32. The maximum Gasteiger partial charge on any atom is 0.280 e. The Balaban J connectivity index is 1.46. The summed E-state index contributed by atoms with van der Waals surface area (Å²) < 4.78 is 35.8. The van der Waals surface area contributed by atoms with Gasteiger partial charge in [-0.05, 0) is 98.5 Å². The Morgan fingerprint density at radius 3 is 2.59 bits per heavy atom. The fraction of sp³-hybridized carbons (Fsp3) is 0.300. The Morgan fingerprint density at radius 1 is 1.12 bits per heavy atom. The normalized spacial score (nSPS) is 16.3. The van der Waals surface area contributed by atoms with E-state index in [0.29, 0.717) is 23.8 Å². The summed E-state index contributed by atoms with van der Waals surface area (Å²) in [6.45, 7) is 5.03. The molecule has 4 aromatic rings. The number of nitrogens with zero attached hydrogens (tertiary/aromatic N) is 4. The van der Waals surface area contributed by atoms with Gasteiger partial charge in [0.2, 0.25) is 15.2 Å². The molecule has 0 saturated carbocycles. The van der Waals surface area contributed by atoms with Gasteiger partial charge in [-0.3, -0.25) is 4.79 Å². The first kappa shape index (κ1) is 29.4. The van der Waals surface area contributed by atoms with E-state index in [2.05, 4.69) is 26.0 Å². The maximum atomic E-state index is 13.8. The van der Waals surface area contributed by atoms with Gasteiger partial charge in [0.15, 0.2) is 0 Å². The van der Waals surface area contributed by atoms with E-state index in [-0.39, 0.29) is 10.9 Å². The van der Waals surface area contributed by atoms with Crippen LogP contribution in [0.15, 0.2) is 81.2 Å². The van der Waals surface area contributed by atoms with E-state index in [4.69, 9.17) is 4.74 Å². The molecule has 1 unspecified atom stereocenters. The van der Waals surface area contributed by atoms with Crippen molar-refractivity contribution in [3.05, 3.63) is 82.3 Å². The number of benzene rings is 3. The largest absolute Gasteiger partial charge is 0.494 e. The summed E-state index contributed by atoms with van der Waals surface area (Å²) in [6, 6.07) is 19.2. The SMILES string of the molecule is CCOc1ccc(/C=N/N(C(=O)c2ccc(S(=O)(=O)N3CCCCC3CC)cc2)c2nc3ccc(Br)cc3s2)cc1. The number of hydrogen-bond donors (Lipinski definition) is 0. The number of aromatic nitrogens is 1. The Labute approximate surface area is 252 Å². The standard InChI is InChI=1S/C30H31BrN4O4S2/c1-3-24-7-5-6-18-34(24)41(37,38)26-15-10-22(11-16-26)29(36)35(30-33-27-17-12-23(31)19-28(27)40-30)32-20-21-8-13-25(14-9-21)39-4-2/h8-17,19-20,24H,3-7,18H2,1-2H3/b32-20+. The first-order valence-corrected chi connectivity index (χ1v) is 16.6. The van der Waals surface area contributed by atoms with Gasteiger partial charge in [0, 0.05) is 22.6 Å². The molecule has 8 nitrogen and oxygen atoms in total. The van der Waals surface area contributed by atoms with Crippen LogP contribution in [-0.2, 0) is 10.0 Å². The third-order valence-corrected chi connectivity index (χ3v) is 10.4. The van der Waals surface area contributed by atoms with Crippen LogP contribution in [0, 0.1) is 0 Å². The summed E-state index contributed by atoms with van der Waals surface area (Å²) in [5.41, 5.74) is 1.83. The zero-order valence-electron chi connectivity index (χ0n) is 22.9. The van der Waals surface area contributed by atoms with Crippen molar-refractivity contribution < 1.29 is 17.9 Å². The molecule has 1 amide bonds. The monoisotopic (exact) mass is 654 g/mol. The summed E-state index contributed by atoms with van der Waals surface area (Å²) in [4.78, 5) is 18.6. The van der Waals surface area contributed by atoms with E-state index < -0.39 is 15.9 Å². The second kappa shape index (κ2) is 12.8. The van der Waals surface area contributed by atoms with E-state index in [1.807, 2.05) is 56.3 Å². The minimum atomic E-state index is -3.66. The lowest BCUT2D eigenvalue weighted by Crippen LogP contribution is -2.43. The molecule has 5 rings (SSSR count). The van der Waals surface area contributed by atoms with Crippen molar-refractivity contribution in [3.63, 3.8) is 0 Å². The Kier molecular flexibility index (Phi) is 9.18. The number of hydrazone groups is 1. The molecule has 0 spiro atoms. The Bertz CT molecular complexity index is 1650. The van der Waals surface area contributed by atoms with Crippen LogP contribution < -0.4 is 9.75 Å². The summed E-state index contributed by atoms with van der Waals surface area (Å²) in [5.74, 6) is 0.331. The molecule has 3 aromatic carbocycles. The highest BCUT2D eigenvalue weighted by atomic mass is 79.9. The molecule has 2 heterocycles. The molecule has 0 aliphatic carbocycles. The quantitative estimate of drug-likeness (QED) is 0.142. The number of sulfonamides is 1. The van der Waals surface area contributed by atoms with E-state index in [1.165, 1.54) is 28.5 Å². The summed E-state index contributed by atoms with van der Waals surface area (Å²) in [7, 11) is -3.66. The van der Waals surface area contributed by atoms with Gasteiger partial charge in [-0.2, -0.15) is 14.4 Å². The number of rotatable bonds is 9. The van der Waals surface area contributed by atoms with Gasteiger partial charge in [0.25, 0.3) is 5.91 Å². The minimum absolute atomic E-state index is 0.00144. The van der Waals surface area contributed by atoms with Gasteiger partial charge in [0.05, 0.1) is 27.9 Å². The lowest BCUT2D eigenvalue weighted by Gasteiger charge is -2.34. The molecular formula is C30H31BrN4O4S2. The van der Waals surface area contributed by atoms with Crippen LogP contribution in [0.3, 0.4) is 0 Å². The van der Waals surface area contributed by atoms with E-state index in [9.17, 15) is 13.2 Å². The zero-order chi connectivity index (χ0) is 29.0. The predicted molar refractivity (Wildman–Crippen MR) is 168 cm³/mol. The maximum absolute atomic E-state index is 13.8. The van der Waals surface area contributed by atoms with E-state index in [0.717, 1.165) is 51.7 Å². The number of amides is 1. The molecular weight excluding hydrogens is 624 g/mol. The Morgan fingerprint density at radius 2 is 1.88 bits per heavy atom. The lowest BCUT2D eigenvalue weighted by atomic mass is 10.0. The van der Waals surface area contributed by atoms with Crippen molar-refractivity contribution in [1.29, 1.82) is 0 Å². The first-order chi connectivity index (χ1) is 19.8. The highest BCUT2D eigenvalue weighted by molar-refractivity contribution is 9.10. The first-order valence-electron chi connectivity index (χ1n) is 13.6. The van der Waals surface area contributed by atoms with Crippen molar-refractivity contribution in [2.45, 2.75) is 50.5 Å². The average molecular weight is 656 g/mol. The number of ether oxygens (including phenoxy) is 1. The third kappa shape index (κ3) is 6.53. The van der Waals surface area contributed by atoms with E-state index >= 15 is 0 Å². The molecule has 0 radical (unpaired) electrons. The van der Waals surface area contributed by atoms with Gasteiger partial charge < -0.3 is 4.74 Å². The van der Waals surface area contributed by atoms with Gasteiger partial charge in [-0.1, -0.05) is 40.6 Å². The fourth-order valence-corrected chi connectivity index (χ4v) is 8.07. The average Bonchev–Trinajstić information content (AvgIpc) is 3.41. The van der Waals surface area contributed by atoms with Crippen LogP contribution >= 0.6 is 27.3 Å². The third-order valence-electron chi connectivity index (χ3n) is 6.98. The molecule has 214 valence electrons. The summed E-state index contributed by atoms with van der Waals surface area (Å²) >= 11 is 4.83.